The minimum Gasteiger partial charge on any atom is -0.368 e. The number of aryl methyl sites for hydroxylation is 1. The van der Waals surface area contributed by atoms with Crippen LogP contribution in [0.4, 0.5) is 5.82 Å². The van der Waals surface area contributed by atoms with Crippen LogP contribution in [0.1, 0.15) is 29.7 Å². The van der Waals surface area contributed by atoms with E-state index < -0.39 is 0 Å². The monoisotopic (exact) mass is 251 g/mol. The fourth-order valence-corrected chi connectivity index (χ4v) is 1.93. The van der Waals surface area contributed by atoms with Crippen molar-refractivity contribution in [3.05, 3.63) is 59.3 Å². The summed E-state index contributed by atoms with van der Waals surface area (Å²) in [4.78, 5) is 4.38. The molecule has 1 aromatic carbocycles. The van der Waals surface area contributed by atoms with Gasteiger partial charge in [-0.25, -0.2) is 4.98 Å². The Kier molecular flexibility index (Phi) is 4.15. The molecule has 0 aliphatic heterocycles. The molecule has 1 atom stereocenters. The summed E-state index contributed by atoms with van der Waals surface area (Å²) in [6.45, 7) is 4.84. The van der Waals surface area contributed by atoms with Crippen molar-refractivity contribution in [3.63, 3.8) is 0 Å². The van der Waals surface area contributed by atoms with Crippen LogP contribution in [0.25, 0.3) is 0 Å². The van der Waals surface area contributed by atoms with Crippen LogP contribution in [-0.4, -0.2) is 11.5 Å². The minimum absolute atomic E-state index is 0.370. The topological polar surface area (TPSA) is 48.7 Å². The van der Waals surface area contributed by atoms with Gasteiger partial charge in [-0.05, 0) is 30.5 Å². The van der Waals surface area contributed by atoms with Crippen LogP contribution in [0.3, 0.4) is 0 Å². The summed E-state index contributed by atoms with van der Waals surface area (Å²) in [5.41, 5.74) is 2.78. The lowest BCUT2D eigenvalue weighted by Gasteiger charge is -2.14. The first-order valence-corrected chi connectivity index (χ1v) is 6.37. The molecule has 0 saturated carbocycles. The van der Waals surface area contributed by atoms with Gasteiger partial charge in [-0.3, -0.25) is 0 Å². The van der Waals surface area contributed by atoms with Gasteiger partial charge in [0.05, 0.1) is 5.56 Å². The van der Waals surface area contributed by atoms with E-state index in [9.17, 15) is 0 Å². The molecule has 1 N–H and O–H groups in total. The first-order valence-electron chi connectivity index (χ1n) is 6.37. The average molecular weight is 251 g/mol. The van der Waals surface area contributed by atoms with Gasteiger partial charge in [0.1, 0.15) is 11.9 Å². The SMILES string of the molecule is Cc1ccc(C#N)c(NCC(C)c2ccccc2)n1. The van der Waals surface area contributed by atoms with Crippen molar-refractivity contribution in [1.82, 2.24) is 4.98 Å². The predicted molar refractivity (Wildman–Crippen MR) is 77.0 cm³/mol. The average Bonchev–Trinajstić information content (AvgIpc) is 2.46. The van der Waals surface area contributed by atoms with Crippen molar-refractivity contribution < 1.29 is 0 Å². The molecule has 0 spiro atoms. The number of rotatable bonds is 4. The zero-order valence-electron chi connectivity index (χ0n) is 11.2. The van der Waals surface area contributed by atoms with Gasteiger partial charge in [0.15, 0.2) is 0 Å². The van der Waals surface area contributed by atoms with Crippen molar-refractivity contribution in [2.45, 2.75) is 19.8 Å². The van der Waals surface area contributed by atoms with E-state index in [0.717, 1.165) is 12.2 Å². The third-order valence-electron chi connectivity index (χ3n) is 3.10. The highest BCUT2D eigenvalue weighted by molar-refractivity contribution is 5.52. The van der Waals surface area contributed by atoms with Crippen molar-refractivity contribution in [2.75, 3.05) is 11.9 Å². The number of aromatic nitrogens is 1. The summed E-state index contributed by atoms with van der Waals surface area (Å²) in [5.74, 6) is 1.04. The van der Waals surface area contributed by atoms with Crippen molar-refractivity contribution in [3.8, 4) is 6.07 Å². The van der Waals surface area contributed by atoms with Crippen molar-refractivity contribution in [1.29, 1.82) is 5.26 Å². The van der Waals surface area contributed by atoms with Crippen molar-refractivity contribution >= 4 is 5.82 Å². The van der Waals surface area contributed by atoms with Gasteiger partial charge in [0, 0.05) is 12.2 Å². The van der Waals surface area contributed by atoms with E-state index in [0.29, 0.717) is 17.3 Å². The highest BCUT2D eigenvalue weighted by Gasteiger charge is 2.08. The van der Waals surface area contributed by atoms with E-state index in [4.69, 9.17) is 5.26 Å². The molecule has 0 aliphatic carbocycles. The first kappa shape index (κ1) is 13.1. The molecular formula is C16H17N3. The number of nitriles is 1. The Morgan fingerprint density at radius 3 is 2.63 bits per heavy atom. The summed E-state index contributed by atoms with van der Waals surface area (Å²) < 4.78 is 0. The van der Waals surface area contributed by atoms with Crippen LogP contribution in [0.15, 0.2) is 42.5 Å². The molecule has 0 amide bonds. The number of nitrogens with one attached hydrogen (secondary N) is 1. The van der Waals surface area contributed by atoms with E-state index in [1.54, 1.807) is 6.07 Å². The molecule has 19 heavy (non-hydrogen) atoms. The third kappa shape index (κ3) is 3.32. The lowest BCUT2D eigenvalue weighted by molar-refractivity contribution is 0.800. The summed E-state index contributed by atoms with van der Waals surface area (Å²) in [6.07, 6.45) is 0. The van der Waals surface area contributed by atoms with Crippen LogP contribution < -0.4 is 5.32 Å². The molecule has 1 heterocycles. The summed E-state index contributed by atoms with van der Waals surface area (Å²) in [6, 6.07) is 16.1. The summed E-state index contributed by atoms with van der Waals surface area (Å²) in [7, 11) is 0. The van der Waals surface area contributed by atoms with Gasteiger partial charge < -0.3 is 5.32 Å². The van der Waals surface area contributed by atoms with E-state index in [1.807, 2.05) is 31.2 Å². The molecule has 0 fully saturated rings. The van der Waals surface area contributed by atoms with E-state index in [1.165, 1.54) is 5.56 Å². The quantitative estimate of drug-likeness (QED) is 0.905. The Hall–Kier alpha value is -2.34. The fraction of sp³-hybridized carbons (Fsp3) is 0.250. The van der Waals surface area contributed by atoms with Crippen LogP contribution in [0.2, 0.25) is 0 Å². The van der Waals surface area contributed by atoms with Crippen LogP contribution in [-0.2, 0) is 0 Å². The smallest absolute Gasteiger partial charge is 0.144 e. The fourth-order valence-electron chi connectivity index (χ4n) is 1.93. The third-order valence-corrected chi connectivity index (χ3v) is 3.10. The first-order chi connectivity index (χ1) is 9.20. The largest absolute Gasteiger partial charge is 0.368 e. The van der Waals surface area contributed by atoms with Gasteiger partial charge in [-0.2, -0.15) is 5.26 Å². The Balaban J connectivity index is 2.07. The molecule has 3 heteroatoms. The van der Waals surface area contributed by atoms with Crippen molar-refractivity contribution in [2.24, 2.45) is 0 Å². The number of hydrogen-bond acceptors (Lipinski definition) is 3. The molecule has 2 aromatic rings. The van der Waals surface area contributed by atoms with Gasteiger partial charge in [-0.1, -0.05) is 37.3 Å². The molecule has 0 radical (unpaired) electrons. The Labute approximate surface area is 113 Å². The molecule has 0 aliphatic rings. The normalized spacial score (nSPS) is 11.6. The molecule has 1 unspecified atom stereocenters. The zero-order chi connectivity index (χ0) is 13.7. The molecular weight excluding hydrogens is 234 g/mol. The Morgan fingerprint density at radius 2 is 1.95 bits per heavy atom. The Morgan fingerprint density at radius 1 is 1.21 bits per heavy atom. The maximum absolute atomic E-state index is 9.06. The number of nitrogens with zero attached hydrogens (tertiary/aromatic N) is 2. The van der Waals surface area contributed by atoms with Crippen LogP contribution in [0.5, 0.6) is 0 Å². The Bertz CT molecular complexity index is 585. The minimum atomic E-state index is 0.370. The number of benzene rings is 1. The lowest BCUT2D eigenvalue weighted by atomic mass is 10.0. The van der Waals surface area contributed by atoms with Crippen LogP contribution in [0, 0.1) is 18.3 Å². The van der Waals surface area contributed by atoms with Gasteiger partial charge in [-0.15, -0.1) is 0 Å². The number of hydrogen-bond donors (Lipinski definition) is 1. The molecule has 3 nitrogen and oxygen atoms in total. The molecule has 0 bridgehead atoms. The highest BCUT2D eigenvalue weighted by atomic mass is 15.0. The maximum Gasteiger partial charge on any atom is 0.144 e. The zero-order valence-corrected chi connectivity index (χ0v) is 11.2. The van der Waals surface area contributed by atoms with Crippen LogP contribution >= 0.6 is 0 Å². The van der Waals surface area contributed by atoms with E-state index in [-0.39, 0.29) is 0 Å². The maximum atomic E-state index is 9.06. The predicted octanol–water partition coefficient (Wildman–Crippen LogP) is 3.48. The summed E-state index contributed by atoms with van der Waals surface area (Å²) in [5, 5.41) is 12.3. The lowest BCUT2D eigenvalue weighted by Crippen LogP contribution is -2.12. The number of pyridine rings is 1. The second-order valence-electron chi connectivity index (χ2n) is 4.65. The van der Waals surface area contributed by atoms with Gasteiger partial charge in [0.2, 0.25) is 0 Å². The molecule has 96 valence electrons. The van der Waals surface area contributed by atoms with E-state index in [2.05, 4.69) is 35.4 Å². The standard InChI is InChI=1S/C16H17N3/c1-12(14-6-4-3-5-7-14)11-18-16-15(10-17)9-8-13(2)19-16/h3-9,12H,11H2,1-2H3,(H,18,19). The second kappa shape index (κ2) is 6.01. The second-order valence-corrected chi connectivity index (χ2v) is 4.65. The highest BCUT2D eigenvalue weighted by Crippen LogP contribution is 2.17. The number of anilines is 1. The molecule has 0 saturated heterocycles. The molecule has 1 aromatic heterocycles. The van der Waals surface area contributed by atoms with Gasteiger partial charge in [0.25, 0.3) is 0 Å². The van der Waals surface area contributed by atoms with Gasteiger partial charge >= 0.3 is 0 Å². The summed E-state index contributed by atoms with van der Waals surface area (Å²) >= 11 is 0. The molecule has 2 rings (SSSR count). The van der Waals surface area contributed by atoms with E-state index >= 15 is 0 Å².